The van der Waals surface area contributed by atoms with Crippen molar-refractivity contribution in [1.82, 2.24) is 10.2 Å². The normalized spacial score (nSPS) is 35.4. The Labute approximate surface area is 126 Å². The molecule has 2 fully saturated rings. The quantitative estimate of drug-likeness (QED) is 0.835. The lowest BCUT2D eigenvalue weighted by atomic mass is 9.71. The molecule has 2 nitrogen and oxygen atoms in total. The minimum atomic E-state index is 0.499. The van der Waals surface area contributed by atoms with Gasteiger partial charge in [0.05, 0.1) is 0 Å². The van der Waals surface area contributed by atoms with Crippen LogP contribution < -0.4 is 5.32 Å². The van der Waals surface area contributed by atoms with Gasteiger partial charge in [-0.05, 0) is 30.6 Å². The zero-order valence-electron chi connectivity index (χ0n) is 14.4. The van der Waals surface area contributed by atoms with Crippen LogP contribution in [0.2, 0.25) is 0 Å². The topological polar surface area (TPSA) is 15.3 Å². The van der Waals surface area contributed by atoms with Gasteiger partial charge in [-0.25, -0.2) is 0 Å². The zero-order chi connectivity index (χ0) is 14.8. The van der Waals surface area contributed by atoms with Gasteiger partial charge in [0.1, 0.15) is 0 Å². The molecule has 1 heterocycles. The molecule has 3 unspecified atom stereocenters. The molecule has 0 aromatic heterocycles. The van der Waals surface area contributed by atoms with Gasteiger partial charge < -0.3 is 5.32 Å². The predicted octanol–water partition coefficient (Wildman–Crippen LogP) is 4.05. The van der Waals surface area contributed by atoms with Crippen LogP contribution in [0.1, 0.15) is 73.1 Å². The second-order valence-corrected chi connectivity index (χ2v) is 8.15. The fraction of sp³-hybridized carbons (Fsp3) is 1.00. The molecule has 0 radical (unpaired) electrons. The van der Waals surface area contributed by atoms with E-state index in [1.807, 2.05) is 0 Å². The summed E-state index contributed by atoms with van der Waals surface area (Å²) in [4.78, 5) is 2.90. The summed E-state index contributed by atoms with van der Waals surface area (Å²) in [7, 11) is 0. The zero-order valence-corrected chi connectivity index (χ0v) is 14.4. The van der Waals surface area contributed by atoms with E-state index >= 15 is 0 Å². The Bertz CT molecular complexity index is 298. The molecule has 0 aromatic carbocycles. The average Bonchev–Trinajstić information content (AvgIpc) is 2.38. The predicted molar refractivity (Wildman–Crippen MR) is 88.1 cm³/mol. The van der Waals surface area contributed by atoms with Crippen LogP contribution in [-0.4, -0.2) is 36.1 Å². The van der Waals surface area contributed by atoms with Gasteiger partial charge in [0.25, 0.3) is 0 Å². The SMILES string of the molecule is CCCC1CN(C2CCCCC2(C)C)C(C(C)C)CN1. The van der Waals surface area contributed by atoms with Crippen molar-refractivity contribution in [3.05, 3.63) is 0 Å². The average molecular weight is 280 g/mol. The molecule has 1 aliphatic carbocycles. The van der Waals surface area contributed by atoms with Crippen LogP contribution in [0.15, 0.2) is 0 Å². The molecule has 2 heteroatoms. The van der Waals surface area contributed by atoms with Gasteiger partial charge in [0.15, 0.2) is 0 Å². The van der Waals surface area contributed by atoms with Crippen LogP contribution in [0, 0.1) is 11.3 Å². The van der Waals surface area contributed by atoms with Crippen molar-refractivity contribution in [1.29, 1.82) is 0 Å². The third kappa shape index (κ3) is 3.57. The van der Waals surface area contributed by atoms with E-state index in [4.69, 9.17) is 0 Å². The van der Waals surface area contributed by atoms with Gasteiger partial charge in [-0.15, -0.1) is 0 Å². The number of hydrogen-bond acceptors (Lipinski definition) is 2. The molecule has 1 aliphatic heterocycles. The highest BCUT2D eigenvalue weighted by Crippen LogP contribution is 2.40. The smallest absolute Gasteiger partial charge is 0.0247 e. The molecule has 20 heavy (non-hydrogen) atoms. The van der Waals surface area contributed by atoms with Crippen LogP contribution in [0.25, 0.3) is 0 Å². The number of nitrogens with zero attached hydrogens (tertiary/aromatic N) is 1. The van der Waals surface area contributed by atoms with Gasteiger partial charge >= 0.3 is 0 Å². The van der Waals surface area contributed by atoms with Crippen LogP contribution in [0.5, 0.6) is 0 Å². The van der Waals surface area contributed by atoms with Crippen molar-refractivity contribution in [2.24, 2.45) is 11.3 Å². The van der Waals surface area contributed by atoms with Crippen LogP contribution >= 0.6 is 0 Å². The first-order valence-corrected chi connectivity index (χ1v) is 8.95. The summed E-state index contributed by atoms with van der Waals surface area (Å²) < 4.78 is 0. The lowest BCUT2D eigenvalue weighted by Crippen LogP contribution is -2.63. The van der Waals surface area contributed by atoms with Gasteiger partial charge in [-0.2, -0.15) is 0 Å². The summed E-state index contributed by atoms with van der Waals surface area (Å²) in [6.07, 6.45) is 8.31. The first-order chi connectivity index (χ1) is 9.45. The molecule has 1 saturated heterocycles. The third-order valence-corrected chi connectivity index (χ3v) is 5.73. The van der Waals surface area contributed by atoms with Crippen molar-refractivity contribution in [3.63, 3.8) is 0 Å². The van der Waals surface area contributed by atoms with E-state index in [-0.39, 0.29) is 0 Å². The molecular weight excluding hydrogens is 244 g/mol. The molecule has 0 bridgehead atoms. The summed E-state index contributed by atoms with van der Waals surface area (Å²) in [6, 6.07) is 2.24. The van der Waals surface area contributed by atoms with Crippen LogP contribution in [-0.2, 0) is 0 Å². The van der Waals surface area contributed by atoms with Gasteiger partial charge in [0.2, 0.25) is 0 Å². The minimum Gasteiger partial charge on any atom is -0.311 e. The fourth-order valence-corrected chi connectivity index (χ4v) is 4.47. The fourth-order valence-electron chi connectivity index (χ4n) is 4.47. The number of piperazine rings is 1. The van der Waals surface area contributed by atoms with E-state index in [0.29, 0.717) is 11.5 Å². The largest absolute Gasteiger partial charge is 0.311 e. The molecule has 1 N–H and O–H groups in total. The van der Waals surface area contributed by atoms with Gasteiger partial charge in [-0.3, -0.25) is 4.90 Å². The van der Waals surface area contributed by atoms with Gasteiger partial charge in [-0.1, -0.05) is 53.9 Å². The molecule has 2 rings (SSSR count). The Kier molecular flexibility index (Phi) is 5.53. The number of hydrogen-bond donors (Lipinski definition) is 1. The standard InChI is InChI=1S/C18H36N2/c1-6-9-15-13-20(16(12-19-15)14(2)3)17-10-7-8-11-18(17,4)5/h14-17,19H,6-13H2,1-5H3. The molecule has 0 amide bonds. The maximum absolute atomic E-state index is 3.81. The first-order valence-electron chi connectivity index (χ1n) is 8.95. The highest BCUT2D eigenvalue weighted by atomic mass is 15.3. The van der Waals surface area contributed by atoms with E-state index in [2.05, 4.69) is 44.8 Å². The molecule has 118 valence electrons. The Morgan fingerprint density at radius 3 is 2.60 bits per heavy atom. The van der Waals surface area contributed by atoms with Crippen molar-refractivity contribution >= 4 is 0 Å². The Hall–Kier alpha value is -0.0800. The maximum atomic E-state index is 3.81. The number of rotatable bonds is 4. The molecule has 2 aliphatic rings. The van der Waals surface area contributed by atoms with Crippen molar-refractivity contribution < 1.29 is 0 Å². The van der Waals surface area contributed by atoms with Crippen molar-refractivity contribution in [3.8, 4) is 0 Å². The van der Waals surface area contributed by atoms with Crippen molar-refractivity contribution in [2.75, 3.05) is 13.1 Å². The van der Waals surface area contributed by atoms with Crippen LogP contribution in [0.4, 0.5) is 0 Å². The number of nitrogens with one attached hydrogen (secondary N) is 1. The van der Waals surface area contributed by atoms with Gasteiger partial charge in [0, 0.05) is 31.2 Å². The molecule has 0 spiro atoms. The summed E-state index contributed by atoms with van der Waals surface area (Å²) in [5, 5.41) is 3.81. The first kappa shape index (κ1) is 16.3. The van der Waals surface area contributed by atoms with Crippen molar-refractivity contribution in [2.45, 2.75) is 91.3 Å². The Morgan fingerprint density at radius 2 is 2.00 bits per heavy atom. The minimum absolute atomic E-state index is 0.499. The van der Waals surface area contributed by atoms with E-state index in [9.17, 15) is 0 Å². The maximum Gasteiger partial charge on any atom is 0.0247 e. The summed E-state index contributed by atoms with van der Waals surface area (Å²) in [5.41, 5.74) is 0.499. The summed E-state index contributed by atoms with van der Waals surface area (Å²) in [5.74, 6) is 0.753. The Balaban J connectivity index is 2.13. The highest BCUT2D eigenvalue weighted by Gasteiger charge is 2.41. The Morgan fingerprint density at radius 1 is 1.25 bits per heavy atom. The lowest BCUT2D eigenvalue weighted by molar-refractivity contribution is -0.0204. The second-order valence-electron chi connectivity index (χ2n) is 8.15. The monoisotopic (exact) mass is 280 g/mol. The van der Waals surface area contributed by atoms with E-state index in [1.54, 1.807) is 0 Å². The molecule has 0 aromatic rings. The third-order valence-electron chi connectivity index (χ3n) is 5.73. The van der Waals surface area contributed by atoms with E-state index in [0.717, 1.165) is 18.0 Å². The second kappa shape index (κ2) is 6.79. The molecule has 1 saturated carbocycles. The van der Waals surface area contributed by atoms with E-state index < -0.39 is 0 Å². The summed E-state index contributed by atoms with van der Waals surface area (Å²) in [6.45, 7) is 14.6. The molecular formula is C18H36N2. The molecule has 3 atom stereocenters. The highest BCUT2D eigenvalue weighted by molar-refractivity contribution is 4.97. The lowest BCUT2D eigenvalue weighted by Gasteiger charge is -2.53. The summed E-state index contributed by atoms with van der Waals surface area (Å²) >= 11 is 0. The van der Waals surface area contributed by atoms with E-state index in [1.165, 1.54) is 51.6 Å². The van der Waals surface area contributed by atoms with Crippen LogP contribution in [0.3, 0.4) is 0 Å².